The molecule has 86 valence electrons. The van der Waals surface area contributed by atoms with Crippen molar-refractivity contribution in [2.45, 2.75) is 31.0 Å². The molecule has 0 aromatic heterocycles. The molecule has 15 heavy (non-hydrogen) atoms. The van der Waals surface area contributed by atoms with Gasteiger partial charge in [-0.1, -0.05) is 0 Å². The zero-order valence-corrected chi connectivity index (χ0v) is 9.16. The van der Waals surface area contributed by atoms with Gasteiger partial charge in [-0.15, -0.1) is 0 Å². The van der Waals surface area contributed by atoms with E-state index in [0.717, 1.165) is 39.0 Å². The summed E-state index contributed by atoms with van der Waals surface area (Å²) in [6, 6.07) is 0. The third kappa shape index (κ3) is 2.08. The summed E-state index contributed by atoms with van der Waals surface area (Å²) in [5.74, 6) is 0.148. The molecule has 0 bridgehead atoms. The molecule has 3 N–H and O–H groups in total. The Kier molecular flexibility index (Phi) is 2.84. The Bertz CT molecular complexity index is 259. The molecule has 2 atom stereocenters. The van der Waals surface area contributed by atoms with E-state index >= 15 is 0 Å². The van der Waals surface area contributed by atoms with Crippen LogP contribution in [0.5, 0.6) is 0 Å². The summed E-state index contributed by atoms with van der Waals surface area (Å²) in [6.45, 7) is 2.32. The Morgan fingerprint density at radius 3 is 3.07 bits per heavy atom. The number of likely N-dealkylation sites (tertiary alicyclic amines) is 1. The van der Waals surface area contributed by atoms with E-state index in [0.29, 0.717) is 6.10 Å². The number of hydrogen-bond acceptors (Lipinski definition) is 3. The lowest BCUT2D eigenvalue weighted by Gasteiger charge is -2.37. The number of methoxy groups -OCH3 is 1. The fourth-order valence-corrected chi connectivity index (χ4v) is 2.52. The van der Waals surface area contributed by atoms with Crippen LogP contribution < -0.4 is 5.73 Å². The molecule has 0 radical (unpaired) electrons. The fraction of sp³-hybridized carbons (Fsp3) is 0.900. The van der Waals surface area contributed by atoms with Gasteiger partial charge in [0.2, 0.25) is 0 Å². The summed E-state index contributed by atoms with van der Waals surface area (Å²) in [4.78, 5) is 1.87. The summed E-state index contributed by atoms with van der Waals surface area (Å²) >= 11 is 0. The molecule has 2 aliphatic heterocycles. The Hall–Kier alpha value is -0.810. The van der Waals surface area contributed by atoms with Crippen LogP contribution in [0.4, 0.5) is 0 Å². The topological polar surface area (TPSA) is 71.6 Å². The van der Waals surface area contributed by atoms with Gasteiger partial charge in [-0.25, -0.2) is 0 Å². The lowest BCUT2D eigenvalue weighted by Crippen LogP contribution is -2.46. The molecule has 2 rings (SSSR count). The SMILES string of the molecule is COC1CCOC2(CCN(C(=N)N)C2)C1. The quantitative estimate of drug-likeness (QED) is 0.480. The number of rotatable bonds is 1. The molecular formula is C10H19N3O2. The zero-order chi connectivity index (χ0) is 10.9. The number of nitrogens with zero attached hydrogens (tertiary/aromatic N) is 1. The molecule has 1 spiro atoms. The molecular weight excluding hydrogens is 194 g/mol. The van der Waals surface area contributed by atoms with Crippen molar-refractivity contribution in [3.8, 4) is 0 Å². The second-order valence-electron chi connectivity index (χ2n) is 4.44. The number of guanidine groups is 1. The molecule has 0 saturated carbocycles. The molecule has 0 aliphatic carbocycles. The number of nitrogens with two attached hydrogens (primary N) is 1. The van der Waals surface area contributed by atoms with Crippen molar-refractivity contribution in [1.82, 2.24) is 4.90 Å². The molecule has 0 amide bonds. The van der Waals surface area contributed by atoms with Gasteiger partial charge in [0.15, 0.2) is 5.96 Å². The van der Waals surface area contributed by atoms with Crippen LogP contribution in [0.3, 0.4) is 0 Å². The van der Waals surface area contributed by atoms with Gasteiger partial charge in [0.25, 0.3) is 0 Å². The Morgan fingerprint density at radius 2 is 2.47 bits per heavy atom. The van der Waals surface area contributed by atoms with Gasteiger partial charge >= 0.3 is 0 Å². The van der Waals surface area contributed by atoms with Crippen molar-refractivity contribution in [3.05, 3.63) is 0 Å². The van der Waals surface area contributed by atoms with Crippen LogP contribution in [0.2, 0.25) is 0 Å². The predicted octanol–water partition coefficient (Wildman–Crippen LogP) is 0.150. The average Bonchev–Trinajstić information content (AvgIpc) is 2.62. The number of hydrogen-bond donors (Lipinski definition) is 2. The molecule has 5 heteroatoms. The minimum absolute atomic E-state index is 0.120. The summed E-state index contributed by atoms with van der Waals surface area (Å²) in [7, 11) is 1.75. The first-order valence-electron chi connectivity index (χ1n) is 5.41. The van der Waals surface area contributed by atoms with Crippen LogP contribution in [-0.2, 0) is 9.47 Å². The second kappa shape index (κ2) is 3.98. The molecule has 2 heterocycles. The first-order valence-corrected chi connectivity index (χ1v) is 5.41. The van der Waals surface area contributed by atoms with Crippen LogP contribution in [0.15, 0.2) is 0 Å². The zero-order valence-electron chi connectivity index (χ0n) is 9.16. The third-order valence-electron chi connectivity index (χ3n) is 3.44. The lowest BCUT2D eigenvalue weighted by atomic mass is 9.91. The van der Waals surface area contributed by atoms with Crippen molar-refractivity contribution in [2.24, 2.45) is 5.73 Å². The van der Waals surface area contributed by atoms with E-state index < -0.39 is 0 Å². The van der Waals surface area contributed by atoms with E-state index in [9.17, 15) is 0 Å². The van der Waals surface area contributed by atoms with E-state index in [2.05, 4.69) is 0 Å². The fourth-order valence-electron chi connectivity index (χ4n) is 2.52. The van der Waals surface area contributed by atoms with Gasteiger partial charge in [-0.05, 0) is 12.8 Å². The largest absolute Gasteiger partial charge is 0.381 e. The van der Waals surface area contributed by atoms with Crippen LogP contribution in [-0.4, -0.2) is 49.4 Å². The van der Waals surface area contributed by atoms with Crippen molar-refractivity contribution >= 4 is 5.96 Å². The normalized spacial score (nSPS) is 36.1. The number of ether oxygens (including phenoxy) is 2. The monoisotopic (exact) mass is 213 g/mol. The third-order valence-corrected chi connectivity index (χ3v) is 3.44. The number of nitrogens with one attached hydrogen (secondary N) is 1. The van der Waals surface area contributed by atoms with Crippen LogP contribution in [0.1, 0.15) is 19.3 Å². The average molecular weight is 213 g/mol. The van der Waals surface area contributed by atoms with Crippen LogP contribution >= 0.6 is 0 Å². The minimum Gasteiger partial charge on any atom is -0.381 e. The summed E-state index contributed by atoms with van der Waals surface area (Å²) in [6.07, 6.45) is 3.14. The minimum atomic E-state index is -0.120. The first-order chi connectivity index (χ1) is 7.15. The Morgan fingerprint density at radius 1 is 1.67 bits per heavy atom. The van der Waals surface area contributed by atoms with Crippen molar-refractivity contribution in [2.75, 3.05) is 26.8 Å². The highest BCUT2D eigenvalue weighted by molar-refractivity contribution is 5.75. The van der Waals surface area contributed by atoms with Crippen molar-refractivity contribution in [3.63, 3.8) is 0 Å². The maximum atomic E-state index is 7.41. The molecule has 2 saturated heterocycles. The van der Waals surface area contributed by atoms with E-state index in [4.69, 9.17) is 20.6 Å². The highest BCUT2D eigenvalue weighted by Gasteiger charge is 2.43. The highest BCUT2D eigenvalue weighted by Crippen LogP contribution is 2.34. The maximum Gasteiger partial charge on any atom is 0.188 e. The smallest absolute Gasteiger partial charge is 0.188 e. The Balaban J connectivity index is 1.99. The lowest BCUT2D eigenvalue weighted by molar-refractivity contribution is -0.117. The van der Waals surface area contributed by atoms with E-state index in [-0.39, 0.29) is 11.6 Å². The van der Waals surface area contributed by atoms with Crippen LogP contribution in [0.25, 0.3) is 0 Å². The second-order valence-corrected chi connectivity index (χ2v) is 4.44. The molecule has 2 aliphatic rings. The maximum absolute atomic E-state index is 7.41. The molecule has 5 nitrogen and oxygen atoms in total. The van der Waals surface area contributed by atoms with Gasteiger partial charge in [0, 0.05) is 33.2 Å². The first kappa shape index (κ1) is 10.7. The molecule has 2 unspecified atom stereocenters. The van der Waals surface area contributed by atoms with Gasteiger partial charge in [0.1, 0.15) is 0 Å². The highest BCUT2D eigenvalue weighted by atomic mass is 16.5. The van der Waals surface area contributed by atoms with Gasteiger partial charge in [0.05, 0.1) is 11.7 Å². The van der Waals surface area contributed by atoms with Crippen molar-refractivity contribution in [1.29, 1.82) is 5.41 Å². The van der Waals surface area contributed by atoms with Crippen LogP contribution in [0, 0.1) is 5.41 Å². The Labute approximate surface area is 90.0 Å². The molecule has 2 fully saturated rings. The van der Waals surface area contributed by atoms with E-state index in [1.807, 2.05) is 4.90 Å². The van der Waals surface area contributed by atoms with Gasteiger partial charge in [-0.2, -0.15) is 0 Å². The van der Waals surface area contributed by atoms with Gasteiger partial charge in [-0.3, -0.25) is 5.41 Å². The summed E-state index contributed by atoms with van der Waals surface area (Å²) in [5.41, 5.74) is 5.36. The molecule has 0 aromatic carbocycles. The van der Waals surface area contributed by atoms with Gasteiger partial charge < -0.3 is 20.1 Å². The summed E-state index contributed by atoms with van der Waals surface area (Å²) < 4.78 is 11.3. The van der Waals surface area contributed by atoms with E-state index in [1.165, 1.54) is 0 Å². The molecule has 0 aromatic rings. The standard InChI is InChI=1S/C10H19N3O2/c1-14-8-2-5-15-10(6-8)3-4-13(7-10)9(11)12/h8H,2-7H2,1H3,(H3,11,12). The van der Waals surface area contributed by atoms with Crippen molar-refractivity contribution < 1.29 is 9.47 Å². The summed E-state index contributed by atoms with van der Waals surface area (Å²) in [5, 5.41) is 7.41. The van der Waals surface area contributed by atoms with E-state index in [1.54, 1.807) is 7.11 Å². The predicted molar refractivity (Wildman–Crippen MR) is 56.8 cm³/mol.